The largest absolute Gasteiger partial charge is 0.384 e. The summed E-state index contributed by atoms with van der Waals surface area (Å²) in [6, 6.07) is 0.780. The van der Waals surface area contributed by atoms with Crippen LogP contribution < -0.4 is 0 Å². The molecule has 0 aromatic rings. The van der Waals surface area contributed by atoms with Crippen LogP contribution in [0.25, 0.3) is 0 Å². The van der Waals surface area contributed by atoms with Crippen molar-refractivity contribution >= 4 is 5.91 Å². The van der Waals surface area contributed by atoms with Gasteiger partial charge in [-0.1, -0.05) is 19.3 Å². The Balaban J connectivity index is 1.54. The Labute approximate surface area is 128 Å². The molecule has 3 aliphatic rings. The molecule has 0 unspecified atom stereocenters. The predicted molar refractivity (Wildman–Crippen MR) is 83.2 cm³/mol. The molecular weight excluding hydrogens is 264 g/mol. The minimum absolute atomic E-state index is 0.158. The van der Waals surface area contributed by atoms with Gasteiger partial charge in [-0.3, -0.25) is 9.69 Å². The van der Waals surface area contributed by atoms with Crippen molar-refractivity contribution in [2.75, 3.05) is 39.9 Å². The number of rotatable bonds is 4. The van der Waals surface area contributed by atoms with E-state index in [1.165, 1.54) is 38.6 Å². The Bertz CT molecular complexity index is 362. The zero-order valence-corrected chi connectivity index (χ0v) is 13.5. The van der Waals surface area contributed by atoms with Crippen LogP contribution in [0.15, 0.2) is 0 Å². The molecule has 120 valence electrons. The monoisotopic (exact) mass is 294 g/mol. The van der Waals surface area contributed by atoms with Crippen molar-refractivity contribution in [3.8, 4) is 0 Å². The molecule has 1 amide bonds. The highest BCUT2D eigenvalue weighted by molar-refractivity contribution is 5.85. The van der Waals surface area contributed by atoms with Gasteiger partial charge in [-0.25, -0.2) is 0 Å². The number of ether oxygens (including phenoxy) is 1. The first-order valence-electron chi connectivity index (χ1n) is 8.77. The highest BCUT2D eigenvalue weighted by Crippen LogP contribution is 2.47. The molecule has 0 aromatic heterocycles. The first kappa shape index (κ1) is 15.3. The molecule has 3 fully saturated rings. The van der Waals surface area contributed by atoms with E-state index in [9.17, 15) is 4.79 Å². The predicted octanol–water partition coefficient (Wildman–Crippen LogP) is 2.28. The molecular formula is C17H30N2O2. The van der Waals surface area contributed by atoms with Crippen LogP contribution in [0.2, 0.25) is 0 Å². The highest BCUT2D eigenvalue weighted by atomic mass is 16.5. The second-order valence-electron chi connectivity index (χ2n) is 7.19. The van der Waals surface area contributed by atoms with Gasteiger partial charge in [-0.05, 0) is 32.1 Å². The maximum Gasteiger partial charge on any atom is 0.231 e. The lowest BCUT2D eigenvalue weighted by atomic mass is 9.94. The quantitative estimate of drug-likeness (QED) is 0.797. The minimum atomic E-state index is -0.158. The van der Waals surface area contributed by atoms with Crippen molar-refractivity contribution < 1.29 is 9.53 Å². The molecule has 0 atom stereocenters. The molecule has 1 heterocycles. The lowest BCUT2D eigenvalue weighted by Gasteiger charge is -2.33. The number of amides is 1. The van der Waals surface area contributed by atoms with E-state index in [2.05, 4.69) is 9.80 Å². The molecule has 4 nitrogen and oxygen atoms in total. The number of hydrogen-bond acceptors (Lipinski definition) is 3. The summed E-state index contributed by atoms with van der Waals surface area (Å²) in [6.45, 7) is 4.70. The lowest BCUT2D eigenvalue weighted by Crippen LogP contribution is -2.43. The van der Waals surface area contributed by atoms with Gasteiger partial charge < -0.3 is 9.64 Å². The minimum Gasteiger partial charge on any atom is -0.384 e. The summed E-state index contributed by atoms with van der Waals surface area (Å²) < 4.78 is 5.27. The van der Waals surface area contributed by atoms with Crippen molar-refractivity contribution in [3.05, 3.63) is 0 Å². The molecule has 0 spiro atoms. The zero-order chi connectivity index (χ0) is 14.7. The van der Waals surface area contributed by atoms with Gasteiger partial charge in [0.25, 0.3) is 0 Å². The van der Waals surface area contributed by atoms with E-state index >= 15 is 0 Å². The van der Waals surface area contributed by atoms with E-state index in [4.69, 9.17) is 4.74 Å². The molecule has 3 rings (SSSR count). The van der Waals surface area contributed by atoms with Gasteiger partial charge in [0.15, 0.2) is 0 Å². The van der Waals surface area contributed by atoms with E-state index in [0.717, 1.165) is 44.9 Å². The van der Waals surface area contributed by atoms with Crippen LogP contribution in [0, 0.1) is 5.41 Å². The number of hydrogen-bond donors (Lipinski definition) is 0. The number of nitrogens with zero attached hydrogens (tertiary/aromatic N) is 2. The summed E-state index contributed by atoms with van der Waals surface area (Å²) >= 11 is 0. The van der Waals surface area contributed by atoms with Crippen LogP contribution in [0.5, 0.6) is 0 Å². The fraction of sp³-hybridized carbons (Fsp3) is 0.941. The van der Waals surface area contributed by atoms with E-state index in [-0.39, 0.29) is 5.41 Å². The number of carbonyl (C=O) groups excluding carboxylic acids is 1. The lowest BCUT2D eigenvalue weighted by molar-refractivity contribution is -0.138. The number of carbonyl (C=O) groups is 1. The Morgan fingerprint density at radius 3 is 2.48 bits per heavy atom. The fourth-order valence-corrected chi connectivity index (χ4v) is 4.13. The average Bonchev–Trinajstić information content (AvgIpc) is 3.32. The highest BCUT2D eigenvalue weighted by Gasteiger charge is 2.51. The van der Waals surface area contributed by atoms with E-state index < -0.39 is 0 Å². The summed E-state index contributed by atoms with van der Waals surface area (Å²) in [6.07, 6.45) is 10.1. The topological polar surface area (TPSA) is 32.8 Å². The molecule has 4 heteroatoms. The summed E-state index contributed by atoms with van der Waals surface area (Å²) in [5, 5.41) is 0. The van der Waals surface area contributed by atoms with Crippen LogP contribution >= 0.6 is 0 Å². The smallest absolute Gasteiger partial charge is 0.231 e. The normalized spacial score (nSPS) is 27.4. The van der Waals surface area contributed by atoms with Gasteiger partial charge >= 0.3 is 0 Å². The standard InChI is InChI=1S/C17H30N2O2/c1-21-14-17(8-9-17)16(20)19-11-5-10-18(12-13-19)15-6-3-2-4-7-15/h15H,2-14H2,1H3. The summed E-state index contributed by atoms with van der Waals surface area (Å²) in [4.78, 5) is 17.5. The van der Waals surface area contributed by atoms with Gasteiger partial charge in [-0.15, -0.1) is 0 Å². The molecule has 0 aromatic carbocycles. The molecule has 1 aliphatic heterocycles. The Hall–Kier alpha value is -0.610. The first-order valence-corrected chi connectivity index (χ1v) is 8.77. The molecule has 2 aliphatic carbocycles. The van der Waals surface area contributed by atoms with Gasteiger partial charge in [0.1, 0.15) is 0 Å². The van der Waals surface area contributed by atoms with Gasteiger partial charge in [0.05, 0.1) is 12.0 Å². The Morgan fingerprint density at radius 2 is 1.81 bits per heavy atom. The van der Waals surface area contributed by atoms with Crippen LogP contribution in [-0.4, -0.2) is 61.6 Å². The van der Waals surface area contributed by atoms with E-state index in [1.54, 1.807) is 7.11 Å². The molecule has 2 saturated carbocycles. The molecule has 0 radical (unpaired) electrons. The summed E-state index contributed by atoms with van der Waals surface area (Å²) in [7, 11) is 1.71. The van der Waals surface area contributed by atoms with Gasteiger partial charge in [0, 0.05) is 39.3 Å². The van der Waals surface area contributed by atoms with Crippen molar-refractivity contribution in [1.82, 2.24) is 9.80 Å². The third kappa shape index (κ3) is 3.42. The van der Waals surface area contributed by atoms with Gasteiger partial charge in [-0.2, -0.15) is 0 Å². The summed E-state index contributed by atoms with van der Waals surface area (Å²) in [5.74, 6) is 0.356. The number of methoxy groups -OCH3 is 1. The first-order chi connectivity index (χ1) is 10.2. The van der Waals surface area contributed by atoms with Crippen LogP contribution in [0.4, 0.5) is 0 Å². The maximum atomic E-state index is 12.7. The van der Waals surface area contributed by atoms with Crippen LogP contribution in [-0.2, 0) is 9.53 Å². The van der Waals surface area contributed by atoms with E-state index in [0.29, 0.717) is 12.5 Å². The molecule has 21 heavy (non-hydrogen) atoms. The zero-order valence-electron chi connectivity index (χ0n) is 13.5. The molecule has 1 saturated heterocycles. The second kappa shape index (κ2) is 6.66. The fourth-order valence-electron chi connectivity index (χ4n) is 4.13. The average molecular weight is 294 g/mol. The summed E-state index contributed by atoms with van der Waals surface area (Å²) in [5.41, 5.74) is -0.158. The third-order valence-electron chi connectivity index (χ3n) is 5.64. The molecule has 0 bridgehead atoms. The second-order valence-corrected chi connectivity index (χ2v) is 7.19. The van der Waals surface area contributed by atoms with Crippen LogP contribution in [0.1, 0.15) is 51.4 Å². The Kier molecular flexibility index (Phi) is 4.85. The Morgan fingerprint density at radius 1 is 1.05 bits per heavy atom. The van der Waals surface area contributed by atoms with Crippen molar-refractivity contribution in [2.24, 2.45) is 5.41 Å². The van der Waals surface area contributed by atoms with Crippen LogP contribution in [0.3, 0.4) is 0 Å². The SMILES string of the molecule is COCC1(C(=O)N2CCCN(C3CCCCC3)CC2)CC1. The molecule has 0 N–H and O–H groups in total. The van der Waals surface area contributed by atoms with E-state index in [1.807, 2.05) is 0 Å². The van der Waals surface area contributed by atoms with Gasteiger partial charge in [0.2, 0.25) is 5.91 Å². The van der Waals surface area contributed by atoms with Crippen molar-refractivity contribution in [1.29, 1.82) is 0 Å². The van der Waals surface area contributed by atoms with Crippen molar-refractivity contribution in [2.45, 2.75) is 57.4 Å². The third-order valence-corrected chi connectivity index (χ3v) is 5.64. The van der Waals surface area contributed by atoms with Crippen molar-refractivity contribution in [3.63, 3.8) is 0 Å². The maximum absolute atomic E-state index is 12.7.